The van der Waals surface area contributed by atoms with Gasteiger partial charge in [-0.1, -0.05) is 60.4 Å². The maximum absolute atomic E-state index is 6.24. The van der Waals surface area contributed by atoms with Crippen molar-refractivity contribution in [3.8, 4) is 0 Å². The first-order valence-corrected chi connectivity index (χ1v) is 10.5. The Kier molecular flexibility index (Phi) is 6.42. The smallest absolute Gasteiger partial charge is 0.129 e. The molecular formula is C20H20Cl3N3S. The van der Waals surface area contributed by atoms with Gasteiger partial charge in [0.2, 0.25) is 0 Å². The van der Waals surface area contributed by atoms with E-state index in [1.807, 2.05) is 32.0 Å². The summed E-state index contributed by atoms with van der Waals surface area (Å²) in [5.74, 6) is 0.488. The lowest BCUT2D eigenvalue weighted by atomic mass is 9.83. The van der Waals surface area contributed by atoms with Gasteiger partial charge in [0.25, 0.3) is 0 Å². The largest absolute Gasteiger partial charge is 0.281 e. The van der Waals surface area contributed by atoms with Crippen LogP contribution in [0, 0.1) is 19.8 Å². The fraction of sp³-hybridized carbons (Fsp3) is 0.300. The number of halogens is 3. The molecule has 3 aromatic rings. The zero-order chi connectivity index (χ0) is 19.7. The molecule has 0 aliphatic rings. The number of nitrogens with zero attached hydrogens (tertiary/aromatic N) is 2. The van der Waals surface area contributed by atoms with Crippen LogP contribution in [0.2, 0.25) is 15.2 Å². The predicted molar refractivity (Wildman–Crippen MR) is 115 cm³/mol. The van der Waals surface area contributed by atoms with E-state index in [1.54, 1.807) is 17.8 Å². The maximum Gasteiger partial charge on any atom is 0.129 e. The topological polar surface area (TPSA) is 41.6 Å². The van der Waals surface area contributed by atoms with Crippen LogP contribution in [0.3, 0.4) is 0 Å². The van der Waals surface area contributed by atoms with Crippen molar-refractivity contribution in [3.63, 3.8) is 0 Å². The molecule has 27 heavy (non-hydrogen) atoms. The lowest BCUT2D eigenvalue weighted by molar-refractivity contribution is 0.554. The first-order valence-electron chi connectivity index (χ1n) is 8.57. The van der Waals surface area contributed by atoms with Crippen molar-refractivity contribution in [2.45, 2.75) is 43.5 Å². The number of aromatic amines is 1. The van der Waals surface area contributed by atoms with E-state index in [0.717, 1.165) is 32.4 Å². The zero-order valence-corrected chi connectivity index (χ0v) is 18.6. The summed E-state index contributed by atoms with van der Waals surface area (Å²) in [4.78, 5) is 5.25. The van der Waals surface area contributed by atoms with E-state index < -0.39 is 0 Å². The Morgan fingerprint density at radius 2 is 1.63 bits per heavy atom. The van der Waals surface area contributed by atoms with Crippen LogP contribution in [0.4, 0.5) is 0 Å². The van der Waals surface area contributed by atoms with Crippen molar-refractivity contribution >= 4 is 46.6 Å². The number of H-pyrrole nitrogens is 1. The van der Waals surface area contributed by atoms with Gasteiger partial charge in [-0.15, -0.1) is 0 Å². The number of rotatable bonds is 5. The van der Waals surface area contributed by atoms with Crippen molar-refractivity contribution in [1.29, 1.82) is 0 Å². The van der Waals surface area contributed by atoms with Crippen molar-refractivity contribution in [2.24, 2.45) is 5.92 Å². The molecule has 3 rings (SSSR count). The molecule has 3 nitrogen and oxygen atoms in total. The molecule has 1 unspecified atom stereocenters. The molecule has 0 saturated heterocycles. The highest BCUT2D eigenvalue weighted by Crippen LogP contribution is 2.42. The molecule has 7 heteroatoms. The first-order chi connectivity index (χ1) is 12.7. The normalized spacial score (nSPS) is 12.6. The van der Waals surface area contributed by atoms with E-state index in [9.17, 15) is 0 Å². The molecule has 0 aliphatic heterocycles. The Morgan fingerprint density at radius 1 is 0.963 bits per heavy atom. The molecule has 0 amide bonds. The summed E-state index contributed by atoms with van der Waals surface area (Å²) >= 11 is 20.1. The Bertz CT molecular complexity index is 929. The quantitative estimate of drug-likeness (QED) is 0.422. The van der Waals surface area contributed by atoms with Crippen molar-refractivity contribution in [2.75, 3.05) is 0 Å². The summed E-state index contributed by atoms with van der Waals surface area (Å²) in [6.07, 6.45) is 0. The van der Waals surface area contributed by atoms with Gasteiger partial charge in [0.1, 0.15) is 10.2 Å². The molecule has 0 spiro atoms. The summed E-state index contributed by atoms with van der Waals surface area (Å²) in [6, 6.07) is 9.54. The number of hydrogen-bond acceptors (Lipinski definition) is 3. The molecule has 0 radical (unpaired) electrons. The van der Waals surface area contributed by atoms with Crippen LogP contribution in [-0.2, 0) is 0 Å². The van der Waals surface area contributed by atoms with E-state index in [0.29, 0.717) is 21.1 Å². The highest BCUT2D eigenvalue weighted by Gasteiger charge is 2.26. The van der Waals surface area contributed by atoms with Crippen LogP contribution in [-0.4, -0.2) is 15.2 Å². The summed E-state index contributed by atoms with van der Waals surface area (Å²) in [5, 5.41) is 10.3. The van der Waals surface area contributed by atoms with Crippen molar-refractivity contribution < 1.29 is 0 Å². The van der Waals surface area contributed by atoms with Gasteiger partial charge in [-0.3, -0.25) is 5.10 Å². The number of nitrogens with one attached hydrogen (secondary N) is 1. The molecule has 0 aliphatic carbocycles. The Labute approximate surface area is 178 Å². The summed E-state index contributed by atoms with van der Waals surface area (Å²) in [7, 11) is 0. The van der Waals surface area contributed by atoms with Crippen LogP contribution in [0.1, 0.15) is 42.3 Å². The molecule has 0 saturated carbocycles. The number of aromatic nitrogens is 3. The highest BCUT2D eigenvalue weighted by atomic mass is 35.5. The van der Waals surface area contributed by atoms with Gasteiger partial charge in [-0.2, -0.15) is 5.10 Å². The Hall–Kier alpha value is -1.20. The number of aryl methyl sites for hydroxylation is 2. The molecule has 1 N–H and O–H groups in total. The van der Waals surface area contributed by atoms with Gasteiger partial charge in [-0.05, 0) is 55.7 Å². The molecule has 1 atom stereocenters. The van der Waals surface area contributed by atoms with Gasteiger partial charge in [0.15, 0.2) is 0 Å². The Morgan fingerprint density at radius 3 is 2.22 bits per heavy atom. The second kappa shape index (κ2) is 8.44. The van der Waals surface area contributed by atoms with Crippen molar-refractivity contribution in [1.82, 2.24) is 15.2 Å². The summed E-state index contributed by atoms with van der Waals surface area (Å²) < 4.78 is 0. The third kappa shape index (κ3) is 4.80. The second-order valence-electron chi connectivity index (χ2n) is 6.86. The average molecular weight is 441 g/mol. The molecule has 2 aromatic heterocycles. The lowest BCUT2D eigenvalue weighted by Gasteiger charge is -2.23. The van der Waals surface area contributed by atoms with E-state index in [1.165, 1.54) is 0 Å². The van der Waals surface area contributed by atoms with Gasteiger partial charge in [0, 0.05) is 37.8 Å². The van der Waals surface area contributed by atoms with Crippen LogP contribution >= 0.6 is 46.6 Å². The van der Waals surface area contributed by atoms with Crippen LogP contribution in [0.15, 0.2) is 40.3 Å². The minimum Gasteiger partial charge on any atom is -0.281 e. The van der Waals surface area contributed by atoms with E-state index in [2.05, 4.69) is 35.1 Å². The number of benzene rings is 1. The molecule has 0 bridgehead atoms. The average Bonchev–Trinajstić information content (AvgIpc) is 2.86. The number of hydrogen-bond donors (Lipinski definition) is 1. The third-order valence-corrected chi connectivity index (χ3v) is 5.90. The number of pyridine rings is 1. The second-order valence-corrected chi connectivity index (χ2v) is 9.18. The van der Waals surface area contributed by atoms with E-state index in [-0.39, 0.29) is 5.92 Å². The highest BCUT2D eigenvalue weighted by molar-refractivity contribution is 7.99. The minimum atomic E-state index is 0.139. The predicted octanol–water partition coefficient (Wildman–Crippen LogP) is 7.32. The maximum atomic E-state index is 6.24. The minimum absolute atomic E-state index is 0.139. The first kappa shape index (κ1) is 20.5. The molecular weight excluding hydrogens is 421 g/mol. The van der Waals surface area contributed by atoms with Gasteiger partial charge in [0.05, 0.1) is 0 Å². The van der Waals surface area contributed by atoms with Crippen LogP contribution in [0.5, 0.6) is 0 Å². The fourth-order valence-corrected chi connectivity index (χ4v) is 5.27. The van der Waals surface area contributed by atoms with E-state index >= 15 is 0 Å². The van der Waals surface area contributed by atoms with Gasteiger partial charge < -0.3 is 0 Å². The monoisotopic (exact) mass is 439 g/mol. The standard InChI is InChI=1S/C20H20Cl3N3S/c1-10(2)18(13-5-11(3)24-17(23)6-13)19-12(4)25-26-20(19)27-16-8-14(21)7-15(22)9-16/h5-10,18H,1-4H3,(H,25,26). The Balaban J connectivity index is 2.07. The molecule has 1 aromatic carbocycles. The van der Waals surface area contributed by atoms with Crippen LogP contribution in [0.25, 0.3) is 0 Å². The zero-order valence-electron chi connectivity index (χ0n) is 15.5. The van der Waals surface area contributed by atoms with Gasteiger partial charge in [-0.25, -0.2) is 4.98 Å². The summed E-state index contributed by atoms with van der Waals surface area (Å²) in [5.41, 5.74) is 4.24. The molecule has 0 fully saturated rings. The summed E-state index contributed by atoms with van der Waals surface area (Å²) in [6.45, 7) is 8.40. The lowest BCUT2D eigenvalue weighted by Crippen LogP contribution is -2.11. The molecule has 2 heterocycles. The fourth-order valence-electron chi connectivity index (χ4n) is 3.28. The molecule has 142 valence electrons. The van der Waals surface area contributed by atoms with Gasteiger partial charge >= 0.3 is 0 Å². The SMILES string of the molecule is Cc1cc(C(c2c(Sc3cc(Cl)cc(Cl)c3)n[nH]c2C)C(C)C)cc(Cl)n1. The van der Waals surface area contributed by atoms with E-state index in [4.69, 9.17) is 34.8 Å². The third-order valence-electron chi connectivity index (χ3n) is 4.29. The van der Waals surface area contributed by atoms with Crippen molar-refractivity contribution in [3.05, 3.63) is 68.0 Å². The van der Waals surface area contributed by atoms with Crippen LogP contribution < -0.4 is 0 Å².